The van der Waals surface area contributed by atoms with Crippen molar-refractivity contribution in [3.8, 4) is 0 Å². The highest BCUT2D eigenvalue weighted by molar-refractivity contribution is 5.78. The van der Waals surface area contributed by atoms with Crippen LogP contribution in [-0.2, 0) is 4.79 Å². The minimum atomic E-state index is 0.153. The topological polar surface area (TPSA) is 56.7 Å². The molecular formula is C8H19N2O+. The molecule has 4 N–H and O–H groups in total. The molecule has 0 aliphatic rings. The third-order valence-electron chi connectivity index (χ3n) is 1.79. The Morgan fingerprint density at radius 2 is 2.27 bits per heavy atom. The highest BCUT2D eigenvalue weighted by Crippen LogP contribution is 1.98. The number of quaternary nitrogens is 1. The summed E-state index contributed by atoms with van der Waals surface area (Å²) >= 11 is 0. The molecule has 3 heteroatoms. The maximum absolute atomic E-state index is 11.1. The van der Waals surface area contributed by atoms with Crippen LogP contribution in [0.3, 0.4) is 0 Å². The lowest BCUT2D eigenvalue weighted by Gasteiger charge is -2.08. The Balaban J connectivity index is 3.36. The molecule has 0 spiro atoms. The van der Waals surface area contributed by atoms with Crippen LogP contribution in [0.25, 0.3) is 0 Å². The van der Waals surface area contributed by atoms with E-state index in [4.69, 9.17) is 0 Å². The minimum Gasteiger partial charge on any atom is -0.358 e. The van der Waals surface area contributed by atoms with Gasteiger partial charge in [0.25, 0.3) is 0 Å². The lowest BCUT2D eigenvalue weighted by atomic mass is 10.1. The molecule has 66 valence electrons. The standard InChI is InChI=1S/C8H18N2O/c1-3-7(2)8(11)10-6-4-5-9/h7H,3-6,9H2,1-2H3,(H,10,11)/p+1. The summed E-state index contributed by atoms with van der Waals surface area (Å²) in [5.41, 5.74) is 3.70. The van der Waals surface area contributed by atoms with Crippen LogP contribution in [0.5, 0.6) is 0 Å². The Bertz CT molecular complexity index is 115. The predicted molar refractivity (Wildman–Crippen MR) is 44.8 cm³/mol. The summed E-state index contributed by atoms with van der Waals surface area (Å²) in [5, 5.41) is 2.86. The predicted octanol–water partition coefficient (Wildman–Crippen LogP) is -0.219. The van der Waals surface area contributed by atoms with Gasteiger partial charge in [-0.1, -0.05) is 13.8 Å². The first-order valence-corrected chi connectivity index (χ1v) is 4.29. The van der Waals surface area contributed by atoms with Crippen LogP contribution in [0.15, 0.2) is 0 Å². The third-order valence-corrected chi connectivity index (χ3v) is 1.79. The number of hydrogen-bond acceptors (Lipinski definition) is 1. The van der Waals surface area contributed by atoms with E-state index in [0.29, 0.717) is 0 Å². The average Bonchev–Trinajstić information content (AvgIpc) is 2.03. The van der Waals surface area contributed by atoms with E-state index in [0.717, 1.165) is 25.9 Å². The maximum atomic E-state index is 11.1. The summed E-state index contributed by atoms with van der Waals surface area (Å²) in [6.45, 7) is 5.62. The molecule has 0 aliphatic heterocycles. The first kappa shape index (κ1) is 10.4. The van der Waals surface area contributed by atoms with Gasteiger partial charge in [-0.25, -0.2) is 0 Å². The number of carbonyl (C=O) groups is 1. The second-order valence-corrected chi connectivity index (χ2v) is 2.81. The highest BCUT2D eigenvalue weighted by atomic mass is 16.1. The van der Waals surface area contributed by atoms with Crippen molar-refractivity contribution in [1.29, 1.82) is 0 Å². The second-order valence-electron chi connectivity index (χ2n) is 2.81. The van der Waals surface area contributed by atoms with Crippen molar-refractivity contribution in [2.24, 2.45) is 5.92 Å². The van der Waals surface area contributed by atoms with Gasteiger partial charge in [0.1, 0.15) is 0 Å². The van der Waals surface area contributed by atoms with Crippen molar-refractivity contribution in [3.63, 3.8) is 0 Å². The fourth-order valence-corrected chi connectivity index (χ4v) is 0.696. The van der Waals surface area contributed by atoms with Crippen LogP contribution < -0.4 is 11.1 Å². The van der Waals surface area contributed by atoms with Crippen LogP contribution in [0.2, 0.25) is 0 Å². The first-order chi connectivity index (χ1) is 5.22. The number of carbonyl (C=O) groups excluding carboxylic acids is 1. The largest absolute Gasteiger partial charge is 0.358 e. The Labute approximate surface area is 68.3 Å². The number of amides is 1. The third kappa shape index (κ3) is 4.79. The summed E-state index contributed by atoms with van der Waals surface area (Å²) in [5.74, 6) is 0.320. The summed E-state index contributed by atoms with van der Waals surface area (Å²) in [7, 11) is 0. The van der Waals surface area contributed by atoms with Gasteiger partial charge in [0.2, 0.25) is 5.91 Å². The number of hydrogen-bond donors (Lipinski definition) is 2. The van der Waals surface area contributed by atoms with Gasteiger partial charge in [-0.2, -0.15) is 0 Å². The van der Waals surface area contributed by atoms with E-state index in [1.165, 1.54) is 0 Å². The Morgan fingerprint density at radius 3 is 2.73 bits per heavy atom. The molecule has 11 heavy (non-hydrogen) atoms. The normalized spacial score (nSPS) is 12.6. The zero-order valence-electron chi connectivity index (χ0n) is 7.52. The molecule has 1 unspecified atom stereocenters. The first-order valence-electron chi connectivity index (χ1n) is 4.29. The molecular weight excluding hydrogens is 140 g/mol. The van der Waals surface area contributed by atoms with E-state index >= 15 is 0 Å². The minimum absolute atomic E-state index is 0.153. The van der Waals surface area contributed by atoms with Gasteiger partial charge in [0.05, 0.1) is 6.54 Å². The zero-order chi connectivity index (χ0) is 8.69. The molecule has 1 atom stereocenters. The molecule has 0 saturated heterocycles. The molecule has 0 aromatic carbocycles. The van der Waals surface area contributed by atoms with Crippen LogP contribution in [0, 0.1) is 5.92 Å². The van der Waals surface area contributed by atoms with E-state index in [1.54, 1.807) is 0 Å². The Hall–Kier alpha value is -0.570. The van der Waals surface area contributed by atoms with E-state index < -0.39 is 0 Å². The van der Waals surface area contributed by atoms with E-state index in [1.807, 2.05) is 13.8 Å². The molecule has 0 heterocycles. The smallest absolute Gasteiger partial charge is 0.222 e. The molecule has 1 amide bonds. The van der Waals surface area contributed by atoms with Crippen molar-refractivity contribution < 1.29 is 10.5 Å². The van der Waals surface area contributed by atoms with Crippen molar-refractivity contribution in [1.82, 2.24) is 5.32 Å². The molecule has 3 nitrogen and oxygen atoms in total. The van der Waals surface area contributed by atoms with Crippen molar-refractivity contribution in [2.75, 3.05) is 13.1 Å². The second kappa shape index (κ2) is 6.16. The fraction of sp³-hybridized carbons (Fsp3) is 0.875. The van der Waals surface area contributed by atoms with Gasteiger partial charge in [-0.05, 0) is 6.42 Å². The van der Waals surface area contributed by atoms with Crippen molar-refractivity contribution in [2.45, 2.75) is 26.7 Å². The molecule has 0 bridgehead atoms. The SMILES string of the molecule is CCC(C)C(=O)NCCC[NH3+]. The summed E-state index contributed by atoms with van der Waals surface area (Å²) in [6, 6.07) is 0. The lowest BCUT2D eigenvalue weighted by Crippen LogP contribution is -2.51. The van der Waals surface area contributed by atoms with Crippen molar-refractivity contribution >= 4 is 5.91 Å². The van der Waals surface area contributed by atoms with Crippen LogP contribution in [0.4, 0.5) is 0 Å². The summed E-state index contributed by atoms with van der Waals surface area (Å²) in [6.07, 6.45) is 1.89. The van der Waals surface area contributed by atoms with E-state index in [9.17, 15) is 4.79 Å². The maximum Gasteiger partial charge on any atom is 0.222 e. The van der Waals surface area contributed by atoms with Gasteiger partial charge in [0, 0.05) is 18.9 Å². The lowest BCUT2D eigenvalue weighted by molar-refractivity contribution is -0.367. The van der Waals surface area contributed by atoms with Gasteiger partial charge < -0.3 is 11.1 Å². The molecule has 0 rings (SSSR count). The van der Waals surface area contributed by atoms with Gasteiger partial charge in [-0.3, -0.25) is 4.79 Å². The molecule has 0 aromatic rings. The van der Waals surface area contributed by atoms with Gasteiger partial charge >= 0.3 is 0 Å². The summed E-state index contributed by atoms with van der Waals surface area (Å²) < 4.78 is 0. The van der Waals surface area contributed by atoms with Crippen LogP contribution in [-0.4, -0.2) is 19.0 Å². The monoisotopic (exact) mass is 159 g/mol. The fourth-order valence-electron chi connectivity index (χ4n) is 0.696. The molecule has 0 saturated carbocycles. The van der Waals surface area contributed by atoms with E-state index in [-0.39, 0.29) is 11.8 Å². The molecule has 0 fully saturated rings. The molecule has 0 aliphatic carbocycles. The zero-order valence-corrected chi connectivity index (χ0v) is 7.52. The van der Waals surface area contributed by atoms with E-state index in [2.05, 4.69) is 11.1 Å². The highest BCUT2D eigenvalue weighted by Gasteiger charge is 2.08. The molecule has 0 aromatic heterocycles. The Morgan fingerprint density at radius 1 is 1.64 bits per heavy atom. The number of rotatable bonds is 5. The van der Waals surface area contributed by atoms with Crippen LogP contribution >= 0.6 is 0 Å². The average molecular weight is 159 g/mol. The Kier molecular flexibility index (Phi) is 5.84. The van der Waals surface area contributed by atoms with Gasteiger partial charge in [0.15, 0.2) is 0 Å². The summed E-state index contributed by atoms with van der Waals surface area (Å²) in [4.78, 5) is 11.1. The number of nitrogens with one attached hydrogen (secondary N) is 1. The van der Waals surface area contributed by atoms with Crippen LogP contribution in [0.1, 0.15) is 26.7 Å². The van der Waals surface area contributed by atoms with Crippen molar-refractivity contribution in [3.05, 3.63) is 0 Å². The quantitative estimate of drug-likeness (QED) is 0.535. The molecule has 0 radical (unpaired) electrons. The van der Waals surface area contributed by atoms with Gasteiger partial charge in [-0.15, -0.1) is 0 Å².